The van der Waals surface area contributed by atoms with Crippen LogP contribution in [0.25, 0.3) is 0 Å². The van der Waals surface area contributed by atoms with E-state index in [0.717, 1.165) is 10.4 Å². The molecule has 27 heavy (non-hydrogen) atoms. The average Bonchev–Trinajstić information content (AvgIpc) is 3.19. The van der Waals surface area contributed by atoms with Crippen molar-refractivity contribution >= 4 is 34.8 Å². The van der Waals surface area contributed by atoms with Crippen LogP contribution in [0, 0.1) is 0 Å². The Morgan fingerprint density at radius 1 is 1.00 bits per heavy atom. The van der Waals surface area contributed by atoms with E-state index in [1.54, 1.807) is 42.5 Å². The summed E-state index contributed by atoms with van der Waals surface area (Å²) in [6.45, 7) is 0.313. The molecule has 5 nitrogen and oxygen atoms in total. The summed E-state index contributed by atoms with van der Waals surface area (Å²) in [5, 5.41) is 2.54. The van der Waals surface area contributed by atoms with Gasteiger partial charge >= 0.3 is 0 Å². The molecule has 2 N–H and O–H groups in total. The van der Waals surface area contributed by atoms with E-state index >= 15 is 0 Å². The monoisotopic (exact) mass is 400 g/mol. The minimum absolute atomic E-state index is 0.229. The number of hydrazine groups is 1. The smallest absolute Gasteiger partial charge is 0.269 e. The lowest BCUT2D eigenvalue weighted by Crippen LogP contribution is -2.42. The molecule has 0 saturated carbocycles. The maximum atomic E-state index is 12.2. The van der Waals surface area contributed by atoms with Crippen molar-refractivity contribution in [2.24, 2.45) is 0 Å². The van der Waals surface area contributed by atoms with E-state index in [1.165, 1.54) is 11.3 Å². The number of carbonyl (C=O) groups is 2. The molecule has 0 aliphatic carbocycles. The van der Waals surface area contributed by atoms with E-state index in [-0.39, 0.29) is 18.2 Å². The summed E-state index contributed by atoms with van der Waals surface area (Å²) in [4.78, 5) is 25.0. The van der Waals surface area contributed by atoms with Gasteiger partial charge in [0.1, 0.15) is 12.4 Å². The van der Waals surface area contributed by atoms with Crippen molar-refractivity contribution in [3.8, 4) is 5.75 Å². The van der Waals surface area contributed by atoms with Crippen molar-refractivity contribution in [3.63, 3.8) is 0 Å². The minimum Gasteiger partial charge on any atom is -0.489 e. The summed E-state index contributed by atoms with van der Waals surface area (Å²) in [6, 6.07) is 17.8. The molecule has 2 aromatic carbocycles. The fourth-order valence-electron chi connectivity index (χ4n) is 2.31. The first-order valence-corrected chi connectivity index (χ1v) is 9.45. The molecule has 7 heteroatoms. The van der Waals surface area contributed by atoms with E-state index in [1.807, 2.05) is 23.6 Å². The predicted molar refractivity (Wildman–Crippen MR) is 106 cm³/mol. The number of hydrogen-bond donors (Lipinski definition) is 2. The molecule has 0 fully saturated rings. The third kappa shape index (κ3) is 5.84. The van der Waals surface area contributed by atoms with E-state index in [4.69, 9.17) is 16.3 Å². The zero-order valence-corrected chi connectivity index (χ0v) is 15.8. The van der Waals surface area contributed by atoms with Crippen LogP contribution in [0.1, 0.15) is 20.8 Å². The van der Waals surface area contributed by atoms with Crippen LogP contribution in [0.15, 0.2) is 66.0 Å². The molecule has 138 valence electrons. The van der Waals surface area contributed by atoms with Gasteiger partial charge in [0.25, 0.3) is 5.91 Å². The second-order valence-corrected chi connectivity index (χ2v) is 7.17. The highest BCUT2D eigenvalue weighted by Crippen LogP contribution is 2.17. The second kappa shape index (κ2) is 9.21. The van der Waals surface area contributed by atoms with Gasteiger partial charge in [0.2, 0.25) is 5.91 Å². The Hall–Kier alpha value is -2.83. The van der Waals surface area contributed by atoms with Crippen molar-refractivity contribution in [1.29, 1.82) is 0 Å². The van der Waals surface area contributed by atoms with Crippen LogP contribution in [-0.2, 0) is 17.8 Å². The molecule has 1 heterocycles. The van der Waals surface area contributed by atoms with Crippen molar-refractivity contribution < 1.29 is 14.3 Å². The van der Waals surface area contributed by atoms with Gasteiger partial charge in [-0.15, -0.1) is 11.3 Å². The topological polar surface area (TPSA) is 67.4 Å². The normalized spacial score (nSPS) is 10.3. The van der Waals surface area contributed by atoms with E-state index in [9.17, 15) is 9.59 Å². The van der Waals surface area contributed by atoms with E-state index in [0.29, 0.717) is 22.9 Å². The Kier molecular flexibility index (Phi) is 6.46. The van der Waals surface area contributed by atoms with Gasteiger partial charge in [-0.25, -0.2) is 0 Å². The maximum Gasteiger partial charge on any atom is 0.269 e. The Labute approximate surface area is 165 Å². The first-order valence-electron chi connectivity index (χ1n) is 8.19. The molecule has 2 amide bonds. The lowest BCUT2D eigenvalue weighted by atomic mass is 10.1. The molecule has 0 unspecified atom stereocenters. The molecule has 0 bridgehead atoms. The van der Waals surface area contributed by atoms with E-state index < -0.39 is 0 Å². The summed E-state index contributed by atoms with van der Waals surface area (Å²) in [6.07, 6.45) is 0.229. The summed E-state index contributed by atoms with van der Waals surface area (Å²) in [7, 11) is 0. The van der Waals surface area contributed by atoms with Crippen molar-refractivity contribution in [2.75, 3.05) is 0 Å². The van der Waals surface area contributed by atoms with Crippen molar-refractivity contribution in [1.82, 2.24) is 10.9 Å². The van der Waals surface area contributed by atoms with Gasteiger partial charge in [-0.05, 0) is 53.4 Å². The minimum atomic E-state index is -0.386. The van der Waals surface area contributed by atoms with Crippen molar-refractivity contribution in [2.45, 2.75) is 13.0 Å². The fraction of sp³-hybridized carbons (Fsp3) is 0.100. The van der Waals surface area contributed by atoms with Gasteiger partial charge in [0, 0.05) is 15.5 Å². The van der Waals surface area contributed by atoms with Crippen LogP contribution in [0.4, 0.5) is 0 Å². The molecule has 3 aromatic rings. The van der Waals surface area contributed by atoms with Gasteiger partial charge < -0.3 is 4.74 Å². The standard InChI is InChI=1S/C20H17ClN2O3S/c21-16-6-8-17(9-7-16)26-13-14-3-1-4-15(11-14)20(25)23-22-19(24)12-18-5-2-10-27-18/h1-11H,12-13H2,(H,22,24)(H,23,25). The Bertz CT molecular complexity index is 911. The van der Waals surface area contributed by atoms with E-state index in [2.05, 4.69) is 10.9 Å². The second-order valence-electron chi connectivity index (χ2n) is 5.70. The highest BCUT2D eigenvalue weighted by Gasteiger charge is 2.09. The van der Waals surface area contributed by atoms with Crippen LogP contribution in [0.3, 0.4) is 0 Å². The first-order chi connectivity index (χ1) is 13.1. The zero-order chi connectivity index (χ0) is 19.1. The highest BCUT2D eigenvalue weighted by atomic mass is 35.5. The molecule has 0 aliphatic heterocycles. The molecule has 1 aromatic heterocycles. The first kappa shape index (κ1) is 18.9. The summed E-state index contributed by atoms with van der Waals surface area (Å²) in [5.74, 6) is 0.0333. The number of ether oxygens (including phenoxy) is 1. The number of hydrogen-bond acceptors (Lipinski definition) is 4. The molecule has 0 saturated heterocycles. The van der Waals surface area contributed by atoms with Gasteiger partial charge in [0.15, 0.2) is 0 Å². The molecule has 0 atom stereocenters. The summed E-state index contributed by atoms with van der Waals surface area (Å²) in [5.41, 5.74) is 6.12. The Morgan fingerprint density at radius 3 is 2.56 bits per heavy atom. The van der Waals surface area contributed by atoms with Gasteiger partial charge in [-0.3, -0.25) is 20.4 Å². The quantitative estimate of drug-likeness (QED) is 0.615. The number of halogens is 1. The fourth-order valence-corrected chi connectivity index (χ4v) is 3.14. The third-order valence-electron chi connectivity index (χ3n) is 3.64. The Morgan fingerprint density at radius 2 is 1.81 bits per heavy atom. The van der Waals surface area contributed by atoms with Crippen LogP contribution in [0.2, 0.25) is 5.02 Å². The average molecular weight is 401 g/mol. The number of carbonyl (C=O) groups excluding carboxylic acids is 2. The largest absolute Gasteiger partial charge is 0.489 e. The van der Waals surface area contributed by atoms with Crippen LogP contribution in [-0.4, -0.2) is 11.8 Å². The highest BCUT2D eigenvalue weighted by molar-refractivity contribution is 7.10. The van der Waals surface area contributed by atoms with Gasteiger partial charge in [-0.1, -0.05) is 29.8 Å². The van der Waals surface area contributed by atoms with Crippen LogP contribution < -0.4 is 15.6 Å². The zero-order valence-electron chi connectivity index (χ0n) is 14.3. The van der Waals surface area contributed by atoms with Crippen LogP contribution in [0.5, 0.6) is 5.75 Å². The molecular formula is C20H17ClN2O3S. The Balaban J connectivity index is 1.52. The summed E-state index contributed by atoms with van der Waals surface area (Å²) >= 11 is 7.34. The SMILES string of the molecule is O=C(Cc1cccs1)NNC(=O)c1cccc(COc2ccc(Cl)cc2)c1. The predicted octanol–water partition coefficient (Wildman–Crippen LogP) is 3.98. The van der Waals surface area contributed by atoms with Gasteiger partial charge in [0.05, 0.1) is 6.42 Å². The molecule has 0 spiro atoms. The molecule has 3 rings (SSSR count). The van der Waals surface area contributed by atoms with Crippen LogP contribution >= 0.6 is 22.9 Å². The molecule has 0 aliphatic rings. The maximum absolute atomic E-state index is 12.2. The third-order valence-corrected chi connectivity index (χ3v) is 4.77. The lowest BCUT2D eigenvalue weighted by Gasteiger charge is -2.09. The number of nitrogens with one attached hydrogen (secondary N) is 2. The number of rotatable bonds is 6. The molecule has 0 radical (unpaired) electrons. The summed E-state index contributed by atoms with van der Waals surface area (Å²) < 4.78 is 5.68. The number of benzene rings is 2. The van der Waals surface area contributed by atoms with Gasteiger partial charge in [-0.2, -0.15) is 0 Å². The lowest BCUT2D eigenvalue weighted by molar-refractivity contribution is -0.121. The van der Waals surface area contributed by atoms with Crippen molar-refractivity contribution in [3.05, 3.63) is 87.1 Å². The number of thiophene rings is 1. The number of amides is 2. The molecular weight excluding hydrogens is 384 g/mol.